The van der Waals surface area contributed by atoms with Crippen molar-refractivity contribution in [2.75, 3.05) is 19.0 Å². The summed E-state index contributed by atoms with van der Waals surface area (Å²) in [5.74, 6) is 0. The molecule has 88 valence electrons. The summed E-state index contributed by atoms with van der Waals surface area (Å²) in [5, 5.41) is 9.03. The summed E-state index contributed by atoms with van der Waals surface area (Å²) in [6, 6.07) is 16.3. The monoisotopic (exact) mass is 227 g/mol. The third-order valence-corrected chi connectivity index (χ3v) is 2.83. The summed E-state index contributed by atoms with van der Waals surface area (Å²) in [6.07, 6.45) is 0. The lowest BCUT2D eigenvalue weighted by Crippen LogP contribution is -2.09. The summed E-state index contributed by atoms with van der Waals surface area (Å²) in [4.78, 5) is 2.11. The van der Waals surface area contributed by atoms with E-state index in [2.05, 4.69) is 17.0 Å². The van der Waals surface area contributed by atoms with Gasteiger partial charge >= 0.3 is 0 Å². The fraction of sp³-hybridized carbons (Fsp3) is 0.200. The Kier molecular flexibility index (Phi) is 3.45. The van der Waals surface area contributed by atoms with Gasteiger partial charge in [-0.25, -0.2) is 0 Å². The average Bonchev–Trinajstić information content (AvgIpc) is 2.39. The van der Waals surface area contributed by atoms with Crippen LogP contribution in [0, 0.1) is 0 Å². The largest absolute Gasteiger partial charge is 0.392 e. The van der Waals surface area contributed by atoms with E-state index in [1.807, 2.05) is 50.5 Å². The molecular formula is C15H17NO. The molecule has 0 unspecified atom stereocenters. The maximum Gasteiger partial charge on any atom is 0.0681 e. The zero-order valence-electron chi connectivity index (χ0n) is 10.2. The van der Waals surface area contributed by atoms with Gasteiger partial charge < -0.3 is 10.0 Å². The van der Waals surface area contributed by atoms with Crippen LogP contribution in [0.4, 0.5) is 5.69 Å². The first-order chi connectivity index (χ1) is 8.22. The minimum absolute atomic E-state index is 0.0929. The molecule has 17 heavy (non-hydrogen) atoms. The van der Waals surface area contributed by atoms with E-state index in [9.17, 15) is 0 Å². The van der Waals surface area contributed by atoms with E-state index in [1.165, 1.54) is 16.8 Å². The molecule has 2 aromatic rings. The van der Waals surface area contributed by atoms with Crippen molar-refractivity contribution in [2.45, 2.75) is 6.61 Å². The van der Waals surface area contributed by atoms with E-state index in [-0.39, 0.29) is 6.61 Å². The molecule has 0 radical (unpaired) electrons. The molecule has 0 amide bonds. The van der Waals surface area contributed by atoms with Crippen LogP contribution in [0.5, 0.6) is 0 Å². The Hall–Kier alpha value is -1.80. The second-order valence-electron chi connectivity index (χ2n) is 4.27. The highest BCUT2D eigenvalue weighted by Gasteiger charge is 2.05. The fourth-order valence-corrected chi connectivity index (χ4v) is 1.90. The Labute approximate surface area is 102 Å². The topological polar surface area (TPSA) is 23.5 Å². The summed E-state index contributed by atoms with van der Waals surface area (Å²) < 4.78 is 0. The fourth-order valence-electron chi connectivity index (χ4n) is 1.90. The molecule has 1 N–H and O–H groups in total. The number of hydrogen-bond acceptors (Lipinski definition) is 2. The summed E-state index contributed by atoms with van der Waals surface area (Å²) in [5.41, 5.74) is 4.52. The third kappa shape index (κ3) is 2.48. The highest BCUT2D eigenvalue weighted by atomic mass is 16.3. The van der Waals surface area contributed by atoms with Crippen molar-refractivity contribution < 1.29 is 5.11 Å². The second-order valence-corrected chi connectivity index (χ2v) is 4.27. The van der Waals surface area contributed by atoms with Gasteiger partial charge in [-0.3, -0.25) is 0 Å². The molecule has 0 aliphatic rings. The number of benzene rings is 2. The van der Waals surface area contributed by atoms with Crippen LogP contribution in [-0.4, -0.2) is 19.2 Å². The number of nitrogens with zero attached hydrogens (tertiary/aromatic N) is 1. The van der Waals surface area contributed by atoms with Crippen LogP contribution >= 0.6 is 0 Å². The molecule has 0 aliphatic heterocycles. The number of para-hydroxylation sites is 1. The van der Waals surface area contributed by atoms with Crippen molar-refractivity contribution in [3.63, 3.8) is 0 Å². The van der Waals surface area contributed by atoms with Gasteiger partial charge in [0.15, 0.2) is 0 Å². The smallest absolute Gasteiger partial charge is 0.0681 e. The van der Waals surface area contributed by atoms with Crippen molar-refractivity contribution in [1.29, 1.82) is 0 Å². The molecule has 0 spiro atoms. The molecule has 0 saturated heterocycles. The van der Waals surface area contributed by atoms with E-state index < -0.39 is 0 Å². The molecule has 2 heteroatoms. The van der Waals surface area contributed by atoms with Crippen LogP contribution in [0.2, 0.25) is 0 Å². The molecule has 0 fully saturated rings. The maximum absolute atomic E-state index is 9.03. The van der Waals surface area contributed by atoms with Crippen LogP contribution in [0.3, 0.4) is 0 Å². The Morgan fingerprint density at radius 3 is 2.18 bits per heavy atom. The molecule has 0 heterocycles. The normalized spacial score (nSPS) is 10.3. The standard InChI is InChI=1S/C15H17NO/c1-16(2)15-6-4-3-5-14(15)13-9-7-12(11-17)8-10-13/h3-10,17H,11H2,1-2H3. The summed E-state index contributed by atoms with van der Waals surface area (Å²) >= 11 is 0. The zero-order valence-corrected chi connectivity index (χ0v) is 10.2. The third-order valence-electron chi connectivity index (χ3n) is 2.83. The first kappa shape index (κ1) is 11.7. The predicted octanol–water partition coefficient (Wildman–Crippen LogP) is 2.91. The van der Waals surface area contributed by atoms with E-state index in [0.717, 1.165) is 5.56 Å². The van der Waals surface area contributed by atoms with Gasteiger partial charge in [-0.1, -0.05) is 42.5 Å². The minimum atomic E-state index is 0.0929. The predicted molar refractivity (Wildman–Crippen MR) is 72.1 cm³/mol. The van der Waals surface area contributed by atoms with Gasteiger partial charge in [0.25, 0.3) is 0 Å². The van der Waals surface area contributed by atoms with Gasteiger partial charge in [-0.2, -0.15) is 0 Å². The van der Waals surface area contributed by atoms with Gasteiger partial charge in [0, 0.05) is 25.3 Å². The molecule has 0 bridgehead atoms. The highest BCUT2D eigenvalue weighted by Crippen LogP contribution is 2.29. The second kappa shape index (κ2) is 5.02. The maximum atomic E-state index is 9.03. The summed E-state index contributed by atoms with van der Waals surface area (Å²) in [7, 11) is 4.09. The molecule has 0 aromatic heterocycles. The van der Waals surface area contributed by atoms with Crippen molar-refractivity contribution >= 4 is 5.69 Å². The highest BCUT2D eigenvalue weighted by molar-refractivity contribution is 5.78. The lowest BCUT2D eigenvalue weighted by Gasteiger charge is -2.17. The van der Waals surface area contributed by atoms with E-state index in [1.54, 1.807) is 0 Å². The molecule has 0 saturated carbocycles. The van der Waals surface area contributed by atoms with Gasteiger partial charge in [0.05, 0.1) is 6.61 Å². The Morgan fingerprint density at radius 2 is 1.59 bits per heavy atom. The van der Waals surface area contributed by atoms with Crippen LogP contribution in [-0.2, 0) is 6.61 Å². The average molecular weight is 227 g/mol. The quantitative estimate of drug-likeness (QED) is 0.871. The van der Waals surface area contributed by atoms with Gasteiger partial charge in [-0.15, -0.1) is 0 Å². The van der Waals surface area contributed by atoms with Crippen LogP contribution in [0.1, 0.15) is 5.56 Å². The molecule has 2 aromatic carbocycles. The first-order valence-electron chi connectivity index (χ1n) is 5.69. The van der Waals surface area contributed by atoms with Crippen LogP contribution in [0.15, 0.2) is 48.5 Å². The lowest BCUT2D eigenvalue weighted by atomic mass is 10.0. The van der Waals surface area contributed by atoms with Crippen LogP contribution < -0.4 is 4.90 Å². The zero-order chi connectivity index (χ0) is 12.3. The van der Waals surface area contributed by atoms with E-state index in [4.69, 9.17) is 5.11 Å². The van der Waals surface area contributed by atoms with Gasteiger partial charge in [-0.05, 0) is 17.2 Å². The molecular weight excluding hydrogens is 210 g/mol. The number of hydrogen-bond donors (Lipinski definition) is 1. The lowest BCUT2D eigenvalue weighted by molar-refractivity contribution is 0.282. The number of aliphatic hydroxyl groups is 1. The van der Waals surface area contributed by atoms with Crippen molar-refractivity contribution in [1.82, 2.24) is 0 Å². The van der Waals surface area contributed by atoms with Crippen molar-refractivity contribution in [3.05, 3.63) is 54.1 Å². The van der Waals surface area contributed by atoms with Crippen molar-refractivity contribution in [3.8, 4) is 11.1 Å². The first-order valence-corrected chi connectivity index (χ1v) is 5.69. The Morgan fingerprint density at radius 1 is 0.941 bits per heavy atom. The molecule has 2 rings (SSSR count). The van der Waals surface area contributed by atoms with Crippen molar-refractivity contribution in [2.24, 2.45) is 0 Å². The molecule has 0 atom stereocenters. The van der Waals surface area contributed by atoms with E-state index >= 15 is 0 Å². The minimum Gasteiger partial charge on any atom is -0.392 e. The Balaban J connectivity index is 2.45. The number of anilines is 1. The molecule has 2 nitrogen and oxygen atoms in total. The number of aliphatic hydroxyl groups excluding tert-OH is 1. The Bertz CT molecular complexity index is 489. The van der Waals surface area contributed by atoms with Crippen LogP contribution in [0.25, 0.3) is 11.1 Å². The SMILES string of the molecule is CN(C)c1ccccc1-c1ccc(CO)cc1. The number of rotatable bonds is 3. The van der Waals surface area contributed by atoms with Gasteiger partial charge in [0.1, 0.15) is 0 Å². The summed E-state index contributed by atoms with van der Waals surface area (Å²) in [6.45, 7) is 0.0929. The molecule has 0 aliphatic carbocycles. The van der Waals surface area contributed by atoms with E-state index in [0.29, 0.717) is 0 Å². The van der Waals surface area contributed by atoms with Gasteiger partial charge in [0.2, 0.25) is 0 Å².